The Morgan fingerprint density at radius 1 is 1.32 bits per heavy atom. The molecule has 0 aliphatic carbocycles. The Morgan fingerprint density at radius 2 is 2.12 bits per heavy atom. The van der Waals surface area contributed by atoms with Crippen molar-refractivity contribution in [2.24, 2.45) is 21.7 Å². The zero-order valence-corrected chi connectivity index (χ0v) is 19.1. The largest absolute Gasteiger partial charge is 0.370 e. The molecule has 1 aromatic heterocycles. The number of amides is 1. The number of guanidine groups is 1. The molecule has 12 heteroatoms. The molecule has 2 aromatic rings. The molecule has 0 saturated carbocycles. The summed E-state index contributed by atoms with van der Waals surface area (Å²) < 4.78 is 0. The van der Waals surface area contributed by atoms with Crippen molar-refractivity contribution >= 4 is 29.0 Å². The van der Waals surface area contributed by atoms with E-state index in [9.17, 15) is 14.9 Å². The van der Waals surface area contributed by atoms with Crippen LogP contribution in [0, 0.1) is 16.0 Å². The van der Waals surface area contributed by atoms with Gasteiger partial charge in [-0.1, -0.05) is 13.0 Å². The number of carbonyl (C=O) groups is 1. The molecule has 1 unspecified atom stereocenters. The fourth-order valence-corrected chi connectivity index (χ4v) is 4.26. The second-order valence-electron chi connectivity index (χ2n) is 8.49. The molecule has 3 heterocycles. The molecule has 1 fully saturated rings. The number of nitro groups is 1. The first-order valence-electron chi connectivity index (χ1n) is 11.3. The van der Waals surface area contributed by atoms with Gasteiger partial charge in [0.25, 0.3) is 5.69 Å². The number of aromatic nitrogens is 2. The first-order chi connectivity index (χ1) is 16.4. The molecule has 180 valence electrons. The number of carbonyl (C=O) groups excluding carboxylic acids is 1. The van der Waals surface area contributed by atoms with Crippen molar-refractivity contribution in [3.8, 4) is 0 Å². The lowest BCUT2D eigenvalue weighted by Gasteiger charge is -2.36. The first-order valence-corrected chi connectivity index (χ1v) is 11.3. The van der Waals surface area contributed by atoms with Gasteiger partial charge in [-0.15, -0.1) is 0 Å². The quantitative estimate of drug-likeness (QED) is 0.182. The number of hydrogen-bond acceptors (Lipinski definition) is 7. The number of aliphatic imine (C=N–C) groups is 1. The number of H-pyrrole nitrogens is 1. The summed E-state index contributed by atoms with van der Waals surface area (Å²) >= 11 is 0. The number of nitrogens with one attached hydrogen (secondary N) is 2. The number of hydrogen-bond donors (Lipinski definition) is 3. The van der Waals surface area contributed by atoms with E-state index in [1.807, 2.05) is 22.8 Å². The van der Waals surface area contributed by atoms with Crippen LogP contribution >= 0.6 is 0 Å². The summed E-state index contributed by atoms with van der Waals surface area (Å²) in [7, 11) is 0. The number of imidazole rings is 1. The number of anilines is 1. The molecule has 0 spiro atoms. The number of aromatic amines is 1. The third kappa shape index (κ3) is 5.33. The Bertz CT molecular complexity index is 1090. The summed E-state index contributed by atoms with van der Waals surface area (Å²) in [5, 5.41) is 16.0. The minimum absolute atomic E-state index is 0.0261. The smallest absolute Gasteiger partial charge is 0.293 e. The highest BCUT2D eigenvalue weighted by Gasteiger charge is 2.28. The van der Waals surface area contributed by atoms with Gasteiger partial charge in [-0.3, -0.25) is 19.9 Å². The number of rotatable bonds is 7. The SMILES string of the molecule is CC1CC(=O)NN=C1c1ccc(N2CCN(C(N)=NCCCc3cnc[nH]3)CC2)c([N+](=O)[O-])c1. The maximum atomic E-state index is 11.9. The van der Waals surface area contributed by atoms with Crippen LogP contribution in [0.15, 0.2) is 40.8 Å². The van der Waals surface area contributed by atoms with Crippen LogP contribution in [0.25, 0.3) is 0 Å². The van der Waals surface area contributed by atoms with E-state index in [0.29, 0.717) is 62.1 Å². The number of hydrazone groups is 1. The molecule has 34 heavy (non-hydrogen) atoms. The molecule has 1 saturated heterocycles. The first kappa shape index (κ1) is 23.2. The van der Waals surface area contributed by atoms with Gasteiger partial charge in [0.2, 0.25) is 5.91 Å². The van der Waals surface area contributed by atoms with Crippen LogP contribution < -0.4 is 16.1 Å². The Morgan fingerprint density at radius 3 is 2.79 bits per heavy atom. The van der Waals surface area contributed by atoms with Gasteiger partial charge in [-0.2, -0.15) is 5.10 Å². The number of nitrogens with two attached hydrogens (primary N) is 1. The molecular formula is C22H29N9O3. The summed E-state index contributed by atoms with van der Waals surface area (Å²) in [6.07, 6.45) is 5.51. The van der Waals surface area contributed by atoms with Gasteiger partial charge in [-0.25, -0.2) is 10.4 Å². The van der Waals surface area contributed by atoms with Crippen molar-refractivity contribution in [1.82, 2.24) is 20.3 Å². The van der Waals surface area contributed by atoms with E-state index in [-0.39, 0.29) is 22.4 Å². The molecule has 0 bridgehead atoms. The molecule has 1 aromatic carbocycles. The maximum absolute atomic E-state index is 11.9. The topological polar surface area (TPSA) is 158 Å². The number of benzene rings is 1. The van der Waals surface area contributed by atoms with Crippen molar-refractivity contribution in [3.05, 3.63) is 52.1 Å². The Hall–Kier alpha value is -3.96. The van der Waals surface area contributed by atoms with Crippen LogP contribution in [-0.4, -0.2) is 70.1 Å². The molecule has 2 aliphatic heterocycles. The highest BCUT2D eigenvalue weighted by Crippen LogP contribution is 2.31. The lowest BCUT2D eigenvalue weighted by Crippen LogP contribution is -2.51. The normalized spacial score (nSPS) is 19.1. The van der Waals surface area contributed by atoms with Gasteiger partial charge in [0.15, 0.2) is 5.96 Å². The van der Waals surface area contributed by atoms with E-state index in [0.717, 1.165) is 18.5 Å². The molecule has 4 N–H and O–H groups in total. The molecule has 1 atom stereocenters. The summed E-state index contributed by atoms with van der Waals surface area (Å²) in [6.45, 7) is 4.96. The van der Waals surface area contributed by atoms with Crippen molar-refractivity contribution < 1.29 is 9.72 Å². The molecule has 0 radical (unpaired) electrons. The van der Waals surface area contributed by atoms with Crippen LogP contribution in [0.4, 0.5) is 11.4 Å². The van der Waals surface area contributed by atoms with Gasteiger partial charge in [-0.05, 0) is 18.9 Å². The lowest BCUT2D eigenvalue weighted by molar-refractivity contribution is -0.384. The predicted octanol–water partition coefficient (Wildman–Crippen LogP) is 1.25. The number of nitro benzene ring substituents is 1. The second-order valence-corrected chi connectivity index (χ2v) is 8.49. The average molecular weight is 468 g/mol. The molecule has 4 rings (SSSR count). The standard InChI is InChI=1S/C22H29N9O3/c1-15-11-20(32)27-28-21(15)16-4-5-18(19(12-16)31(33)34)29-7-9-30(10-8-29)22(23)25-6-2-3-17-13-24-14-26-17/h4-5,12-15H,2-3,6-11H2,1H3,(H2,23,25)(H,24,26)(H,27,32). The Kier molecular flexibility index (Phi) is 7.04. The van der Waals surface area contributed by atoms with Gasteiger partial charge in [0, 0.05) is 68.6 Å². The van der Waals surface area contributed by atoms with E-state index in [1.54, 1.807) is 24.7 Å². The predicted molar refractivity (Wildman–Crippen MR) is 129 cm³/mol. The van der Waals surface area contributed by atoms with Crippen molar-refractivity contribution in [3.63, 3.8) is 0 Å². The van der Waals surface area contributed by atoms with E-state index in [1.165, 1.54) is 0 Å². The van der Waals surface area contributed by atoms with Crippen molar-refractivity contribution in [2.45, 2.75) is 26.2 Å². The summed E-state index contributed by atoms with van der Waals surface area (Å²) in [6, 6.07) is 5.14. The third-order valence-corrected chi connectivity index (χ3v) is 6.10. The monoisotopic (exact) mass is 467 g/mol. The van der Waals surface area contributed by atoms with E-state index >= 15 is 0 Å². The summed E-state index contributed by atoms with van der Waals surface area (Å²) in [4.78, 5) is 38.6. The third-order valence-electron chi connectivity index (χ3n) is 6.10. The molecular weight excluding hydrogens is 438 g/mol. The minimum atomic E-state index is -0.368. The molecule has 2 aliphatic rings. The molecule has 12 nitrogen and oxygen atoms in total. The lowest BCUT2D eigenvalue weighted by atomic mass is 9.93. The minimum Gasteiger partial charge on any atom is -0.370 e. The van der Waals surface area contributed by atoms with Gasteiger partial charge >= 0.3 is 0 Å². The van der Waals surface area contributed by atoms with Crippen molar-refractivity contribution in [1.29, 1.82) is 0 Å². The maximum Gasteiger partial charge on any atom is 0.293 e. The second kappa shape index (κ2) is 10.3. The number of piperazine rings is 1. The highest BCUT2D eigenvalue weighted by atomic mass is 16.6. The number of aryl methyl sites for hydroxylation is 1. The van der Waals surface area contributed by atoms with Crippen LogP contribution in [0.5, 0.6) is 0 Å². The van der Waals surface area contributed by atoms with Crippen LogP contribution in [0.2, 0.25) is 0 Å². The number of nitrogens with zero attached hydrogens (tertiary/aromatic N) is 6. The van der Waals surface area contributed by atoms with Gasteiger partial charge in [0.1, 0.15) is 5.69 Å². The van der Waals surface area contributed by atoms with Gasteiger partial charge in [0.05, 0.1) is 17.0 Å². The van der Waals surface area contributed by atoms with Gasteiger partial charge < -0.3 is 20.5 Å². The van der Waals surface area contributed by atoms with Crippen molar-refractivity contribution in [2.75, 3.05) is 37.6 Å². The summed E-state index contributed by atoms with van der Waals surface area (Å²) in [5.74, 6) is 0.241. The van der Waals surface area contributed by atoms with Crippen LogP contribution in [0.1, 0.15) is 31.0 Å². The fraction of sp³-hybridized carbons (Fsp3) is 0.455. The summed E-state index contributed by atoms with van der Waals surface area (Å²) in [5.41, 5.74) is 11.6. The fourth-order valence-electron chi connectivity index (χ4n) is 4.26. The van der Waals surface area contributed by atoms with E-state index in [2.05, 4.69) is 25.5 Å². The van der Waals surface area contributed by atoms with E-state index in [4.69, 9.17) is 5.73 Å². The van der Waals surface area contributed by atoms with E-state index < -0.39 is 0 Å². The zero-order chi connectivity index (χ0) is 24.1. The van der Waals surface area contributed by atoms with Crippen LogP contribution in [0.3, 0.4) is 0 Å². The highest BCUT2D eigenvalue weighted by molar-refractivity contribution is 6.06. The van der Waals surface area contributed by atoms with Crippen LogP contribution in [-0.2, 0) is 11.2 Å². The molecule has 1 amide bonds. The Balaban J connectivity index is 1.38. The zero-order valence-electron chi connectivity index (χ0n) is 19.1. The average Bonchev–Trinajstić information content (AvgIpc) is 3.35. The Labute approximate surface area is 197 Å².